The standard InChI is InChI=1S/C25H29N5O3S/c1-16-6-5-7-17(2)24(16)28-22(32)14-29-8-10-30(11-9-29)23(33)15-34-25-20(13-26)12-21(19(4)31)18(3)27-25/h5-7,12H,8-11,14-15H2,1-4H3,(H,28,32). The number of pyridine rings is 1. The van der Waals surface area contributed by atoms with Gasteiger partial charge >= 0.3 is 0 Å². The van der Waals surface area contributed by atoms with E-state index < -0.39 is 0 Å². The monoisotopic (exact) mass is 479 g/mol. The Morgan fingerprint density at radius 3 is 2.35 bits per heavy atom. The maximum absolute atomic E-state index is 12.7. The molecule has 1 saturated heterocycles. The van der Waals surface area contributed by atoms with Gasteiger partial charge in [0, 0.05) is 43.1 Å². The number of hydrogen-bond acceptors (Lipinski definition) is 7. The first kappa shape index (κ1) is 25.4. The minimum atomic E-state index is -0.144. The number of nitrogens with zero attached hydrogens (tertiary/aromatic N) is 4. The third-order valence-corrected chi connectivity index (χ3v) is 6.82. The van der Waals surface area contributed by atoms with E-state index in [2.05, 4.69) is 16.4 Å². The Hall–Kier alpha value is -3.22. The third kappa shape index (κ3) is 6.22. The van der Waals surface area contributed by atoms with Crippen LogP contribution >= 0.6 is 11.8 Å². The topological polar surface area (TPSA) is 106 Å². The Morgan fingerprint density at radius 1 is 1.12 bits per heavy atom. The number of para-hydroxylation sites is 1. The number of benzene rings is 1. The van der Waals surface area contributed by atoms with Crippen LogP contribution in [0.15, 0.2) is 29.3 Å². The fourth-order valence-corrected chi connectivity index (χ4v) is 4.80. The Balaban J connectivity index is 1.50. The predicted octanol–water partition coefficient (Wildman–Crippen LogP) is 2.96. The molecule has 1 aromatic heterocycles. The highest BCUT2D eigenvalue weighted by Gasteiger charge is 2.23. The number of nitriles is 1. The summed E-state index contributed by atoms with van der Waals surface area (Å²) in [6, 6.07) is 9.52. The molecule has 0 unspecified atom stereocenters. The van der Waals surface area contributed by atoms with Crippen molar-refractivity contribution in [2.24, 2.45) is 0 Å². The van der Waals surface area contributed by atoms with Crippen LogP contribution in [0.4, 0.5) is 5.69 Å². The Labute approximate surface area is 204 Å². The molecule has 0 bridgehead atoms. The summed E-state index contributed by atoms with van der Waals surface area (Å²) in [4.78, 5) is 45.1. The van der Waals surface area contributed by atoms with Crippen LogP contribution in [0.3, 0.4) is 0 Å². The number of nitrogens with one attached hydrogen (secondary N) is 1. The van der Waals surface area contributed by atoms with Crippen molar-refractivity contribution in [2.75, 3.05) is 43.8 Å². The average Bonchev–Trinajstić information content (AvgIpc) is 2.80. The van der Waals surface area contributed by atoms with Gasteiger partial charge in [-0.1, -0.05) is 30.0 Å². The van der Waals surface area contributed by atoms with Gasteiger partial charge in [-0.05, 0) is 44.9 Å². The van der Waals surface area contributed by atoms with E-state index in [9.17, 15) is 19.6 Å². The number of thioether (sulfide) groups is 1. The summed E-state index contributed by atoms with van der Waals surface area (Å²) in [5.74, 6) is -0.0846. The Kier molecular flexibility index (Phi) is 8.42. The summed E-state index contributed by atoms with van der Waals surface area (Å²) in [6.45, 7) is 9.69. The predicted molar refractivity (Wildman–Crippen MR) is 132 cm³/mol. The lowest BCUT2D eigenvalue weighted by Crippen LogP contribution is -2.50. The van der Waals surface area contributed by atoms with Gasteiger partial charge in [-0.15, -0.1) is 0 Å². The molecule has 1 N–H and O–H groups in total. The van der Waals surface area contributed by atoms with E-state index in [-0.39, 0.29) is 29.9 Å². The lowest BCUT2D eigenvalue weighted by molar-refractivity contribution is -0.130. The molecular formula is C25H29N5O3S. The van der Waals surface area contributed by atoms with Gasteiger partial charge in [-0.3, -0.25) is 19.3 Å². The van der Waals surface area contributed by atoms with E-state index in [1.165, 1.54) is 18.7 Å². The molecule has 1 fully saturated rings. The van der Waals surface area contributed by atoms with Gasteiger partial charge in [0.15, 0.2) is 5.78 Å². The molecular weight excluding hydrogens is 450 g/mol. The molecule has 3 rings (SSSR count). The minimum absolute atomic E-state index is 0.0383. The molecule has 1 aliphatic rings. The van der Waals surface area contributed by atoms with Crippen molar-refractivity contribution < 1.29 is 14.4 Å². The first-order valence-corrected chi connectivity index (χ1v) is 12.1. The maximum Gasteiger partial charge on any atom is 0.238 e. The van der Waals surface area contributed by atoms with Gasteiger partial charge in [0.1, 0.15) is 11.1 Å². The number of carbonyl (C=O) groups excluding carboxylic acids is 3. The minimum Gasteiger partial charge on any atom is -0.339 e. The molecule has 34 heavy (non-hydrogen) atoms. The van der Waals surface area contributed by atoms with Crippen molar-refractivity contribution in [1.29, 1.82) is 5.26 Å². The van der Waals surface area contributed by atoms with Gasteiger partial charge < -0.3 is 10.2 Å². The lowest BCUT2D eigenvalue weighted by atomic mass is 10.1. The quantitative estimate of drug-likeness (QED) is 0.481. The van der Waals surface area contributed by atoms with E-state index in [0.717, 1.165) is 16.8 Å². The molecule has 2 aromatic rings. The number of ketones is 1. The number of rotatable bonds is 7. The molecule has 1 aromatic carbocycles. The summed E-state index contributed by atoms with van der Waals surface area (Å²) in [5, 5.41) is 12.9. The van der Waals surface area contributed by atoms with Crippen molar-refractivity contribution in [2.45, 2.75) is 32.7 Å². The molecule has 0 spiro atoms. The van der Waals surface area contributed by atoms with Crippen molar-refractivity contribution >= 4 is 35.0 Å². The second-order valence-corrected chi connectivity index (χ2v) is 9.37. The highest BCUT2D eigenvalue weighted by molar-refractivity contribution is 8.00. The van der Waals surface area contributed by atoms with E-state index in [1.807, 2.05) is 36.9 Å². The molecule has 8 nitrogen and oxygen atoms in total. The van der Waals surface area contributed by atoms with Crippen LogP contribution in [0.2, 0.25) is 0 Å². The van der Waals surface area contributed by atoms with Crippen LogP contribution in [0, 0.1) is 32.1 Å². The summed E-state index contributed by atoms with van der Waals surface area (Å²) in [5.41, 5.74) is 4.19. The number of aryl methyl sites for hydroxylation is 3. The molecule has 0 aliphatic carbocycles. The number of piperazine rings is 1. The van der Waals surface area contributed by atoms with Crippen LogP contribution in [0.25, 0.3) is 0 Å². The first-order chi connectivity index (χ1) is 16.2. The number of Topliss-reactive ketones (excluding diaryl/α,β-unsaturated/α-hetero) is 1. The Bertz CT molecular complexity index is 1130. The van der Waals surface area contributed by atoms with E-state index in [1.54, 1.807) is 17.9 Å². The zero-order valence-electron chi connectivity index (χ0n) is 20.0. The van der Waals surface area contributed by atoms with Crippen LogP contribution in [0.1, 0.15) is 39.7 Å². The first-order valence-electron chi connectivity index (χ1n) is 11.1. The molecule has 9 heteroatoms. The fraction of sp³-hybridized carbons (Fsp3) is 0.400. The summed E-state index contributed by atoms with van der Waals surface area (Å²) >= 11 is 1.21. The highest BCUT2D eigenvalue weighted by Crippen LogP contribution is 2.24. The second kappa shape index (κ2) is 11.3. The molecule has 178 valence electrons. The smallest absolute Gasteiger partial charge is 0.238 e. The largest absolute Gasteiger partial charge is 0.339 e. The zero-order valence-corrected chi connectivity index (χ0v) is 20.8. The van der Waals surface area contributed by atoms with E-state index in [4.69, 9.17) is 0 Å². The third-order valence-electron chi connectivity index (χ3n) is 5.85. The van der Waals surface area contributed by atoms with Crippen LogP contribution in [-0.2, 0) is 9.59 Å². The van der Waals surface area contributed by atoms with Crippen LogP contribution in [0.5, 0.6) is 0 Å². The van der Waals surface area contributed by atoms with Gasteiger partial charge in [0.05, 0.1) is 17.9 Å². The van der Waals surface area contributed by atoms with Gasteiger partial charge in [-0.25, -0.2) is 4.98 Å². The van der Waals surface area contributed by atoms with E-state index >= 15 is 0 Å². The average molecular weight is 480 g/mol. The van der Waals surface area contributed by atoms with Crippen molar-refractivity contribution in [3.63, 3.8) is 0 Å². The lowest BCUT2D eigenvalue weighted by Gasteiger charge is -2.34. The molecule has 2 heterocycles. The molecule has 0 saturated carbocycles. The molecule has 2 amide bonds. The summed E-state index contributed by atoms with van der Waals surface area (Å²) in [6.07, 6.45) is 0. The Morgan fingerprint density at radius 2 is 1.76 bits per heavy atom. The highest BCUT2D eigenvalue weighted by atomic mass is 32.2. The zero-order chi connectivity index (χ0) is 24.8. The van der Waals surface area contributed by atoms with Gasteiger partial charge in [0.25, 0.3) is 0 Å². The SMILES string of the molecule is CC(=O)c1cc(C#N)c(SCC(=O)N2CCN(CC(=O)Nc3c(C)cccc3C)CC2)nc1C. The number of aromatic nitrogens is 1. The normalized spacial score (nSPS) is 13.9. The number of anilines is 1. The van der Waals surface area contributed by atoms with Crippen LogP contribution in [-0.4, -0.2) is 70.9 Å². The van der Waals surface area contributed by atoms with Crippen molar-refractivity contribution in [3.8, 4) is 6.07 Å². The molecule has 0 atom stereocenters. The number of hydrogen-bond donors (Lipinski definition) is 1. The maximum atomic E-state index is 12.7. The van der Waals surface area contributed by atoms with E-state index in [0.29, 0.717) is 48.0 Å². The second-order valence-electron chi connectivity index (χ2n) is 8.40. The molecule has 1 aliphatic heterocycles. The van der Waals surface area contributed by atoms with Gasteiger partial charge in [0.2, 0.25) is 11.8 Å². The number of amides is 2. The van der Waals surface area contributed by atoms with Crippen molar-refractivity contribution in [3.05, 3.63) is 52.2 Å². The van der Waals surface area contributed by atoms with Gasteiger partial charge in [-0.2, -0.15) is 5.26 Å². The summed E-state index contributed by atoms with van der Waals surface area (Å²) in [7, 11) is 0. The fourth-order valence-electron chi connectivity index (χ4n) is 3.90. The number of carbonyl (C=O) groups is 3. The van der Waals surface area contributed by atoms with Crippen molar-refractivity contribution in [1.82, 2.24) is 14.8 Å². The van der Waals surface area contributed by atoms with Crippen LogP contribution < -0.4 is 5.32 Å². The summed E-state index contributed by atoms with van der Waals surface area (Å²) < 4.78 is 0. The molecule has 0 radical (unpaired) electrons.